The molecule has 0 radical (unpaired) electrons. The number of carbonyl (C=O) groups excluding carboxylic acids is 2. The van der Waals surface area contributed by atoms with E-state index in [1.807, 2.05) is 0 Å². The number of hydrogen-bond acceptors (Lipinski definition) is 4. The summed E-state index contributed by atoms with van der Waals surface area (Å²) in [6.45, 7) is 1.94. The lowest BCUT2D eigenvalue weighted by Gasteiger charge is -2.34. The minimum absolute atomic E-state index is 0.0511. The second kappa shape index (κ2) is 7.41. The normalized spacial score (nSPS) is 18.7. The van der Waals surface area contributed by atoms with Gasteiger partial charge in [-0.05, 0) is 26.8 Å². The van der Waals surface area contributed by atoms with Crippen LogP contribution in [0.15, 0.2) is 0 Å². The summed E-state index contributed by atoms with van der Waals surface area (Å²) in [5, 5.41) is 12.3. The van der Waals surface area contributed by atoms with Gasteiger partial charge in [0.15, 0.2) is 0 Å². The van der Waals surface area contributed by atoms with E-state index in [9.17, 15) is 14.9 Å². The summed E-state index contributed by atoms with van der Waals surface area (Å²) in [6.07, 6.45) is 4.48. The van der Waals surface area contributed by atoms with Gasteiger partial charge in [0.25, 0.3) is 0 Å². The number of nitrogens with one attached hydrogen (secondary N) is 1. The number of likely N-dealkylation sites (N-methyl/N-ethyl adjacent to an activating group) is 2. The first-order chi connectivity index (χ1) is 9.81. The molecule has 0 spiro atoms. The molecule has 2 amide bonds. The Balaban J connectivity index is 2.61. The molecule has 21 heavy (non-hydrogen) atoms. The first-order valence-electron chi connectivity index (χ1n) is 7.45. The largest absolute Gasteiger partial charge is 0.348 e. The van der Waals surface area contributed by atoms with Gasteiger partial charge >= 0.3 is 0 Å². The van der Waals surface area contributed by atoms with Crippen molar-refractivity contribution in [2.24, 2.45) is 0 Å². The maximum absolute atomic E-state index is 12.3. The maximum Gasteiger partial charge on any atom is 0.238 e. The predicted molar refractivity (Wildman–Crippen MR) is 80.4 cm³/mol. The summed E-state index contributed by atoms with van der Waals surface area (Å²) in [5.41, 5.74) is -0.726. The second-order valence-electron chi connectivity index (χ2n) is 6.12. The quantitative estimate of drug-likeness (QED) is 0.811. The van der Waals surface area contributed by atoms with Crippen molar-refractivity contribution in [1.82, 2.24) is 15.1 Å². The monoisotopic (exact) mass is 294 g/mol. The molecule has 1 aliphatic rings. The summed E-state index contributed by atoms with van der Waals surface area (Å²) >= 11 is 0. The minimum atomic E-state index is -0.726. The second-order valence-corrected chi connectivity index (χ2v) is 6.12. The summed E-state index contributed by atoms with van der Waals surface area (Å²) in [4.78, 5) is 27.2. The fourth-order valence-electron chi connectivity index (χ4n) is 2.45. The molecule has 6 heteroatoms. The smallest absolute Gasteiger partial charge is 0.238 e. The van der Waals surface area contributed by atoms with Crippen molar-refractivity contribution in [3.8, 4) is 6.07 Å². The van der Waals surface area contributed by atoms with Gasteiger partial charge in [0.2, 0.25) is 11.8 Å². The van der Waals surface area contributed by atoms with E-state index in [1.165, 1.54) is 4.90 Å². The van der Waals surface area contributed by atoms with Crippen LogP contribution in [0.5, 0.6) is 0 Å². The van der Waals surface area contributed by atoms with Crippen molar-refractivity contribution in [3.05, 3.63) is 0 Å². The molecular formula is C15H26N4O2. The zero-order valence-electron chi connectivity index (χ0n) is 13.5. The molecule has 0 heterocycles. The van der Waals surface area contributed by atoms with Crippen LogP contribution < -0.4 is 5.32 Å². The van der Waals surface area contributed by atoms with Crippen molar-refractivity contribution in [1.29, 1.82) is 5.26 Å². The Morgan fingerprint density at radius 1 is 1.24 bits per heavy atom. The molecule has 0 bridgehead atoms. The Kier molecular flexibility index (Phi) is 6.16. The molecule has 0 saturated heterocycles. The highest BCUT2D eigenvalue weighted by Crippen LogP contribution is 2.27. The molecule has 1 aliphatic carbocycles. The van der Waals surface area contributed by atoms with Gasteiger partial charge in [-0.15, -0.1) is 0 Å². The van der Waals surface area contributed by atoms with Gasteiger partial charge in [-0.1, -0.05) is 19.3 Å². The average molecular weight is 294 g/mol. The van der Waals surface area contributed by atoms with Gasteiger partial charge < -0.3 is 10.2 Å². The van der Waals surface area contributed by atoms with E-state index in [4.69, 9.17) is 0 Å². The number of rotatable bonds is 5. The molecule has 1 rings (SSSR count). The average Bonchev–Trinajstić information content (AvgIpc) is 2.46. The lowest BCUT2D eigenvalue weighted by Crippen LogP contribution is -2.55. The lowest BCUT2D eigenvalue weighted by atomic mass is 9.82. The minimum Gasteiger partial charge on any atom is -0.348 e. The van der Waals surface area contributed by atoms with Crippen LogP contribution in [-0.4, -0.2) is 60.9 Å². The van der Waals surface area contributed by atoms with Crippen LogP contribution in [-0.2, 0) is 9.59 Å². The number of carbonyl (C=O) groups is 2. The SMILES string of the molecule is CC(C(=O)NC1(C#N)CCCCC1)N(C)CC(=O)N(C)C. The van der Waals surface area contributed by atoms with Crippen LogP contribution >= 0.6 is 0 Å². The molecule has 6 nitrogen and oxygen atoms in total. The Morgan fingerprint density at radius 3 is 2.29 bits per heavy atom. The third-order valence-corrected chi connectivity index (χ3v) is 4.21. The molecular weight excluding hydrogens is 268 g/mol. The molecule has 1 saturated carbocycles. The molecule has 1 N–H and O–H groups in total. The number of amides is 2. The molecule has 1 atom stereocenters. The summed E-state index contributed by atoms with van der Waals surface area (Å²) in [6, 6.07) is 1.83. The molecule has 0 aromatic heterocycles. The fraction of sp³-hybridized carbons (Fsp3) is 0.800. The van der Waals surface area contributed by atoms with Gasteiger partial charge in [0, 0.05) is 14.1 Å². The highest BCUT2D eigenvalue weighted by molar-refractivity contribution is 5.84. The highest BCUT2D eigenvalue weighted by Gasteiger charge is 2.35. The van der Waals surface area contributed by atoms with Crippen molar-refractivity contribution in [2.45, 2.75) is 50.6 Å². The topological polar surface area (TPSA) is 76.4 Å². The molecule has 0 aliphatic heterocycles. The van der Waals surface area contributed by atoms with E-state index in [2.05, 4.69) is 11.4 Å². The van der Waals surface area contributed by atoms with E-state index in [1.54, 1.807) is 33.0 Å². The van der Waals surface area contributed by atoms with Crippen molar-refractivity contribution < 1.29 is 9.59 Å². The first kappa shape index (κ1) is 17.4. The molecule has 1 fully saturated rings. The zero-order chi connectivity index (χ0) is 16.0. The van der Waals surface area contributed by atoms with E-state index in [0.717, 1.165) is 19.3 Å². The third kappa shape index (κ3) is 4.71. The Labute approximate surface area is 127 Å². The van der Waals surface area contributed by atoms with Gasteiger partial charge in [0.05, 0.1) is 18.7 Å². The van der Waals surface area contributed by atoms with E-state index in [0.29, 0.717) is 12.8 Å². The molecule has 1 unspecified atom stereocenters. The van der Waals surface area contributed by atoms with Crippen LogP contribution in [0.2, 0.25) is 0 Å². The van der Waals surface area contributed by atoms with Gasteiger partial charge in [-0.2, -0.15) is 5.26 Å². The summed E-state index contributed by atoms with van der Waals surface area (Å²) in [7, 11) is 5.12. The van der Waals surface area contributed by atoms with Crippen molar-refractivity contribution >= 4 is 11.8 Å². The fourth-order valence-corrected chi connectivity index (χ4v) is 2.45. The van der Waals surface area contributed by atoms with Crippen LogP contribution in [0, 0.1) is 11.3 Å². The van der Waals surface area contributed by atoms with Gasteiger partial charge in [-0.3, -0.25) is 14.5 Å². The van der Waals surface area contributed by atoms with Gasteiger partial charge in [-0.25, -0.2) is 0 Å². The lowest BCUT2D eigenvalue weighted by molar-refractivity contribution is -0.132. The molecule has 118 valence electrons. The number of nitriles is 1. The zero-order valence-corrected chi connectivity index (χ0v) is 13.5. The summed E-state index contributed by atoms with van der Waals surface area (Å²) in [5.74, 6) is -0.239. The van der Waals surface area contributed by atoms with Crippen LogP contribution in [0.1, 0.15) is 39.0 Å². The number of nitrogens with zero attached hydrogens (tertiary/aromatic N) is 3. The van der Waals surface area contributed by atoms with Gasteiger partial charge in [0.1, 0.15) is 5.54 Å². The summed E-state index contributed by atoms with van der Waals surface area (Å²) < 4.78 is 0. The Hall–Kier alpha value is -1.61. The van der Waals surface area contributed by atoms with Crippen LogP contribution in [0.4, 0.5) is 0 Å². The number of hydrogen-bond donors (Lipinski definition) is 1. The standard InChI is InChI=1S/C15H26N4O2/c1-12(19(4)10-13(20)18(2)3)14(21)17-15(11-16)8-6-5-7-9-15/h12H,5-10H2,1-4H3,(H,17,21). The van der Waals surface area contributed by atoms with Crippen LogP contribution in [0.3, 0.4) is 0 Å². The van der Waals surface area contributed by atoms with E-state index >= 15 is 0 Å². The third-order valence-electron chi connectivity index (χ3n) is 4.21. The molecule has 0 aromatic carbocycles. The maximum atomic E-state index is 12.3. The van der Waals surface area contributed by atoms with Crippen molar-refractivity contribution in [3.63, 3.8) is 0 Å². The highest BCUT2D eigenvalue weighted by atomic mass is 16.2. The van der Waals surface area contributed by atoms with E-state index in [-0.39, 0.29) is 18.4 Å². The first-order valence-corrected chi connectivity index (χ1v) is 7.45. The van der Waals surface area contributed by atoms with Crippen molar-refractivity contribution in [2.75, 3.05) is 27.7 Å². The Bertz CT molecular complexity index is 422. The predicted octanol–water partition coefficient (Wildman–Crippen LogP) is 0.738. The van der Waals surface area contributed by atoms with E-state index < -0.39 is 11.6 Å². The Morgan fingerprint density at radius 2 is 1.81 bits per heavy atom. The van der Waals surface area contributed by atoms with Crippen LogP contribution in [0.25, 0.3) is 0 Å². The molecule has 0 aromatic rings.